The number of para-hydroxylation sites is 1. The van der Waals surface area contributed by atoms with Crippen LogP contribution >= 0.6 is 0 Å². The summed E-state index contributed by atoms with van der Waals surface area (Å²) in [6, 6.07) is 13.4. The molecule has 1 aromatic heterocycles. The topological polar surface area (TPSA) is 56.4 Å². The van der Waals surface area contributed by atoms with Crippen molar-refractivity contribution in [3.8, 4) is 0 Å². The van der Waals surface area contributed by atoms with Crippen LogP contribution in [0.5, 0.6) is 0 Å². The summed E-state index contributed by atoms with van der Waals surface area (Å²) in [6.07, 6.45) is 0. The molecule has 1 fully saturated rings. The molecule has 5 nitrogen and oxygen atoms in total. The van der Waals surface area contributed by atoms with Crippen LogP contribution in [-0.4, -0.2) is 52.8 Å². The van der Waals surface area contributed by atoms with Crippen molar-refractivity contribution in [1.29, 1.82) is 0 Å². The van der Waals surface area contributed by atoms with Gasteiger partial charge in [-0.3, -0.25) is 9.59 Å². The number of H-pyrrole nitrogens is 1. The van der Waals surface area contributed by atoms with E-state index in [1.54, 1.807) is 15.9 Å². The molecule has 0 radical (unpaired) electrons. The summed E-state index contributed by atoms with van der Waals surface area (Å²) < 4.78 is 13.4. The molecule has 0 saturated carbocycles. The number of carbonyl (C=O) groups is 2. The Morgan fingerprint density at radius 2 is 1.59 bits per heavy atom. The number of carbonyl (C=O) groups excluding carboxylic acids is 2. The van der Waals surface area contributed by atoms with E-state index in [1.165, 1.54) is 18.2 Å². The minimum absolute atomic E-state index is 0.0252. The number of halogens is 1. The normalized spacial score (nSPS) is 14.6. The van der Waals surface area contributed by atoms with E-state index in [-0.39, 0.29) is 11.8 Å². The summed E-state index contributed by atoms with van der Waals surface area (Å²) in [5.74, 6) is -0.655. The largest absolute Gasteiger partial charge is 0.358 e. The lowest BCUT2D eigenvalue weighted by atomic mass is 10.1. The van der Waals surface area contributed by atoms with Crippen molar-refractivity contribution in [2.45, 2.75) is 6.92 Å². The van der Waals surface area contributed by atoms with Gasteiger partial charge in [-0.1, -0.05) is 24.3 Å². The minimum atomic E-state index is -0.426. The van der Waals surface area contributed by atoms with Crippen LogP contribution in [0.1, 0.15) is 26.4 Å². The van der Waals surface area contributed by atoms with Crippen LogP contribution in [0.15, 0.2) is 48.5 Å². The number of rotatable bonds is 2. The average molecular weight is 365 g/mol. The van der Waals surface area contributed by atoms with Crippen molar-refractivity contribution < 1.29 is 14.0 Å². The van der Waals surface area contributed by atoms with Gasteiger partial charge in [0.25, 0.3) is 11.8 Å². The zero-order chi connectivity index (χ0) is 19.0. The minimum Gasteiger partial charge on any atom is -0.358 e. The first-order valence-electron chi connectivity index (χ1n) is 8.96. The summed E-state index contributed by atoms with van der Waals surface area (Å²) in [4.78, 5) is 32.3. The SMILES string of the molecule is Cc1[nH]c2ccccc2c1C(=O)N1CCN(C(=O)c2cccc(F)c2)CC1. The number of amides is 2. The predicted octanol–water partition coefficient (Wildman–Crippen LogP) is 3.21. The number of aromatic amines is 1. The summed E-state index contributed by atoms with van der Waals surface area (Å²) in [7, 11) is 0. The Morgan fingerprint density at radius 1 is 0.926 bits per heavy atom. The molecule has 1 aliphatic rings. The summed E-state index contributed by atoms with van der Waals surface area (Å²) in [6.45, 7) is 3.68. The number of aromatic nitrogens is 1. The standard InChI is InChI=1S/C21H20FN3O2/c1-14-19(17-7-2-3-8-18(17)23-14)21(27)25-11-9-24(10-12-25)20(26)15-5-4-6-16(22)13-15/h2-8,13,23H,9-12H2,1H3. The Labute approximate surface area is 156 Å². The molecule has 6 heteroatoms. The first-order valence-corrected chi connectivity index (χ1v) is 8.96. The van der Waals surface area contributed by atoms with Crippen molar-refractivity contribution in [2.24, 2.45) is 0 Å². The van der Waals surface area contributed by atoms with Crippen LogP contribution in [-0.2, 0) is 0 Å². The van der Waals surface area contributed by atoms with Crippen molar-refractivity contribution in [2.75, 3.05) is 26.2 Å². The molecule has 2 heterocycles. The molecule has 3 aromatic rings. The van der Waals surface area contributed by atoms with Gasteiger partial charge in [0.15, 0.2) is 0 Å². The van der Waals surface area contributed by atoms with E-state index in [1.807, 2.05) is 31.2 Å². The first-order chi connectivity index (χ1) is 13.0. The number of hydrogen-bond donors (Lipinski definition) is 1. The van der Waals surface area contributed by atoms with Gasteiger partial charge in [0.2, 0.25) is 0 Å². The first kappa shape index (κ1) is 17.3. The van der Waals surface area contributed by atoms with Crippen molar-refractivity contribution in [3.05, 3.63) is 71.2 Å². The second kappa shape index (κ2) is 6.87. The Balaban J connectivity index is 1.48. The molecule has 0 atom stereocenters. The molecule has 0 aliphatic carbocycles. The third-order valence-electron chi connectivity index (χ3n) is 5.03. The fraction of sp³-hybridized carbons (Fsp3) is 0.238. The van der Waals surface area contributed by atoms with Crippen LogP contribution in [0.3, 0.4) is 0 Å². The average Bonchev–Trinajstić information content (AvgIpc) is 3.02. The van der Waals surface area contributed by atoms with Crippen molar-refractivity contribution in [3.63, 3.8) is 0 Å². The maximum atomic E-state index is 13.4. The highest BCUT2D eigenvalue weighted by molar-refractivity contribution is 6.08. The molecule has 138 valence electrons. The molecular formula is C21H20FN3O2. The molecule has 4 rings (SSSR count). The van der Waals surface area contributed by atoms with Gasteiger partial charge in [-0.25, -0.2) is 4.39 Å². The van der Waals surface area contributed by atoms with Crippen LogP contribution in [0.25, 0.3) is 10.9 Å². The lowest BCUT2D eigenvalue weighted by Gasteiger charge is -2.35. The van der Waals surface area contributed by atoms with E-state index < -0.39 is 5.82 Å². The second-order valence-electron chi connectivity index (χ2n) is 6.77. The second-order valence-corrected chi connectivity index (χ2v) is 6.77. The summed E-state index contributed by atoms with van der Waals surface area (Å²) in [5.41, 5.74) is 2.82. The van der Waals surface area contributed by atoms with Gasteiger partial charge in [0.05, 0.1) is 5.56 Å². The van der Waals surface area contributed by atoms with Gasteiger partial charge in [-0.15, -0.1) is 0 Å². The maximum Gasteiger partial charge on any atom is 0.256 e. The predicted molar refractivity (Wildman–Crippen MR) is 101 cm³/mol. The van der Waals surface area contributed by atoms with Gasteiger partial charge in [-0.2, -0.15) is 0 Å². The van der Waals surface area contributed by atoms with Crippen molar-refractivity contribution in [1.82, 2.24) is 14.8 Å². The fourth-order valence-corrected chi connectivity index (χ4v) is 3.63. The lowest BCUT2D eigenvalue weighted by molar-refractivity contribution is 0.0536. The van der Waals surface area contributed by atoms with Gasteiger partial charge < -0.3 is 14.8 Å². The van der Waals surface area contributed by atoms with E-state index in [0.717, 1.165) is 16.6 Å². The van der Waals surface area contributed by atoms with Crippen LogP contribution < -0.4 is 0 Å². The maximum absolute atomic E-state index is 13.4. The number of benzene rings is 2. The van der Waals surface area contributed by atoms with Crippen molar-refractivity contribution >= 4 is 22.7 Å². The number of fused-ring (bicyclic) bond motifs is 1. The fourth-order valence-electron chi connectivity index (χ4n) is 3.63. The molecule has 27 heavy (non-hydrogen) atoms. The molecule has 0 bridgehead atoms. The molecule has 0 unspecified atom stereocenters. The zero-order valence-corrected chi connectivity index (χ0v) is 15.0. The number of nitrogens with zero attached hydrogens (tertiary/aromatic N) is 2. The van der Waals surface area contributed by atoms with Gasteiger partial charge in [0.1, 0.15) is 5.82 Å². The number of nitrogens with one attached hydrogen (secondary N) is 1. The molecule has 2 aromatic carbocycles. The molecule has 2 amide bonds. The smallest absolute Gasteiger partial charge is 0.256 e. The third kappa shape index (κ3) is 3.18. The number of hydrogen-bond acceptors (Lipinski definition) is 2. The quantitative estimate of drug-likeness (QED) is 0.758. The zero-order valence-electron chi connectivity index (χ0n) is 15.0. The third-order valence-corrected chi connectivity index (χ3v) is 5.03. The van der Waals surface area contributed by atoms with E-state index in [4.69, 9.17) is 0 Å². The monoisotopic (exact) mass is 365 g/mol. The summed E-state index contributed by atoms with van der Waals surface area (Å²) >= 11 is 0. The summed E-state index contributed by atoms with van der Waals surface area (Å²) in [5, 5.41) is 0.915. The van der Waals surface area contributed by atoms with E-state index in [0.29, 0.717) is 37.3 Å². The highest BCUT2D eigenvalue weighted by atomic mass is 19.1. The van der Waals surface area contributed by atoms with Crippen LogP contribution in [0, 0.1) is 12.7 Å². The molecule has 1 N–H and O–H groups in total. The Bertz CT molecular complexity index is 1020. The number of aryl methyl sites for hydroxylation is 1. The van der Waals surface area contributed by atoms with E-state index in [2.05, 4.69) is 4.98 Å². The van der Waals surface area contributed by atoms with Crippen LogP contribution in [0.2, 0.25) is 0 Å². The van der Waals surface area contributed by atoms with Gasteiger partial charge >= 0.3 is 0 Å². The molecule has 1 aliphatic heterocycles. The molecule has 1 saturated heterocycles. The van der Waals surface area contributed by atoms with Crippen LogP contribution in [0.4, 0.5) is 4.39 Å². The Kier molecular flexibility index (Phi) is 4.39. The Morgan fingerprint density at radius 3 is 2.30 bits per heavy atom. The highest BCUT2D eigenvalue weighted by Gasteiger charge is 2.27. The van der Waals surface area contributed by atoms with E-state index in [9.17, 15) is 14.0 Å². The highest BCUT2D eigenvalue weighted by Crippen LogP contribution is 2.24. The van der Waals surface area contributed by atoms with Gasteiger partial charge in [0, 0.05) is 48.3 Å². The number of piperazine rings is 1. The molecule has 0 spiro atoms. The molecular weight excluding hydrogens is 345 g/mol. The van der Waals surface area contributed by atoms with Gasteiger partial charge in [-0.05, 0) is 31.2 Å². The van der Waals surface area contributed by atoms with E-state index >= 15 is 0 Å². The lowest BCUT2D eigenvalue weighted by Crippen LogP contribution is -2.50. The Hall–Kier alpha value is -3.15.